The molecule has 5 atom stereocenters. The zero-order valence-electron chi connectivity index (χ0n) is 13.2. The van der Waals surface area contributed by atoms with E-state index in [1.165, 1.54) is 24.8 Å². The van der Waals surface area contributed by atoms with E-state index in [0.717, 1.165) is 31.4 Å². The van der Waals surface area contributed by atoms with Crippen molar-refractivity contribution in [3.05, 3.63) is 11.3 Å². The van der Waals surface area contributed by atoms with Gasteiger partial charge >= 0.3 is 5.97 Å². The monoisotopic (exact) mass is 290 g/mol. The summed E-state index contributed by atoms with van der Waals surface area (Å²) in [5.41, 5.74) is 1.72. The van der Waals surface area contributed by atoms with Crippen molar-refractivity contribution in [2.45, 2.75) is 71.3 Å². The first-order valence-electron chi connectivity index (χ1n) is 8.57. The molecule has 0 amide bonds. The van der Waals surface area contributed by atoms with Crippen LogP contribution >= 0.6 is 0 Å². The van der Waals surface area contributed by atoms with Crippen LogP contribution in [0.1, 0.15) is 65.2 Å². The largest absolute Gasteiger partial charge is 0.431 e. The van der Waals surface area contributed by atoms with Gasteiger partial charge in [-0.25, -0.2) is 0 Å². The number of ether oxygens (including phenoxy) is 1. The molecule has 3 nitrogen and oxygen atoms in total. The first kappa shape index (κ1) is 13.8. The molecule has 0 spiro atoms. The van der Waals surface area contributed by atoms with Crippen LogP contribution in [0.4, 0.5) is 0 Å². The smallest absolute Gasteiger partial charge is 0.314 e. The molecule has 1 saturated heterocycles. The quantitative estimate of drug-likeness (QED) is 0.694. The van der Waals surface area contributed by atoms with E-state index >= 15 is 0 Å². The molecule has 21 heavy (non-hydrogen) atoms. The second-order valence-electron chi connectivity index (χ2n) is 8.26. The third-order valence-corrected chi connectivity index (χ3v) is 7.09. The fourth-order valence-electron chi connectivity index (χ4n) is 5.64. The normalized spacial score (nSPS) is 49.3. The molecule has 4 aliphatic rings. The van der Waals surface area contributed by atoms with Crippen molar-refractivity contribution >= 4 is 5.97 Å². The molecule has 4 rings (SSSR count). The van der Waals surface area contributed by atoms with Gasteiger partial charge in [-0.15, -0.1) is 0 Å². The molecule has 0 unspecified atom stereocenters. The molecule has 1 N–H and O–H groups in total. The van der Waals surface area contributed by atoms with Gasteiger partial charge in [-0.2, -0.15) is 0 Å². The lowest BCUT2D eigenvalue weighted by atomic mass is 9.54. The van der Waals surface area contributed by atoms with E-state index in [0.29, 0.717) is 12.3 Å². The number of carbonyl (C=O) groups excluding carboxylic acids is 1. The molecule has 0 radical (unpaired) electrons. The zero-order chi connectivity index (χ0) is 14.8. The van der Waals surface area contributed by atoms with E-state index in [-0.39, 0.29) is 28.8 Å². The van der Waals surface area contributed by atoms with E-state index < -0.39 is 0 Å². The van der Waals surface area contributed by atoms with Crippen LogP contribution in [0.5, 0.6) is 0 Å². The van der Waals surface area contributed by atoms with Crippen LogP contribution < -0.4 is 0 Å². The highest BCUT2D eigenvalue weighted by Gasteiger charge is 2.57. The van der Waals surface area contributed by atoms with Crippen LogP contribution in [0.2, 0.25) is 0 Å². The molecule has 0 bridgehead atoms. The lowest BCUT2D eigenvalue weighted by Gasteiger charge is -2.53. The minimum absolute atomic E-state index is 0.000810. The highest BCUT2D eigenvalue weighted by atomic mass is 16.5. The summed E-state index contributed by atoms with van der Waals surface area (Å²) in [4.78, 5) is 12.6. The van der Waals surface area contributed by atoms with Crippen molar-refractivity contribution in [3.63, 3.8) is 0 Å². The Labute approximate surface area is 126 Å². The Kier molecular flexibility index (Phi) is 2.86. The van der Waals surface area contributed by atoms with E-state index in [1.54, 1.807) is 0 Å². The van der Waals surface area contributed by atoms with Gasteiger partial charge in [0.1, 0.15) is 5.76 Å². The lowest BCUT2D eigenvalue weighted by Crippen LogP contribution is -2.52. The number of fused-ring (bicyclic) bond motifs is 4. The number of carbonyl (C=O) groups is 1. The summed E-state index contributed by atoms with van der Waals surface area (Å²) in [7, 11) is 0. The second-order valence-corrected chi connectivity index (χ2v) is 8.26. The second kappa shape index (κ2) is 4.34. The average Bonchev–Trinajstić information content (AvgIpc) is 2.83. The molecule has 2 saturated carbocycles. The van der Waals surface area contributed by atoms with Crippen molar-refractivity contribution in [3.8, 4) is 0 Å². The number of aliphatic hydroxyl groups excluding tert-OH is 1. The molecule has 0 aromatic heterocycles. The lowest BCUT2D eigenvalue weighted by molar-refractivity contribution is -0.170. The van der Waals surface area contributed by atoms with Crippen LogP contribution in [0.15, 0.2) is 11.3 Å². The number of hydrogen-bond acceptors (Lipinski definition) is 3. The minimum Gasteiger partial charge on any atom is -0.431 e. The number of rotatable bonds is 0. The molecule has 1 aliphatic heterocycles. The van der Waals surface area contributed by atoms with Crippen molar-refractivity contribution in [1.29, 1.82) is 0 Å². The van der Waals surface area contributed by atoms with E-state index in [1.807, 2.05) is 0 Å². The van der Waals surface area contributed by atoms with E-state index in [9.17, 15) is 9.90 Å². The first-order valence-corrected chi connectivity index (χ1v) is 8.57. The maximum Gasteiger partial charge on any atom is 0.314 e. The summed E-state index contributed by atoms with van der Waals surface area (Å²) in [6.45, 7) is 4.62. The van der Waals surface area contributed by atoms with Crippen LogP contribution in [0.25, 0.3) is 0 Å². The van der Waals surface area contributed by atoms with Crippen LogP contribution in [-0.4, -0.2) is 17.2 Å². The number of aliphatic hydroxyl groups is 1. The fourth-order valence-corrected chi connectivity index (χ4v) is 5.64. The molecule has 3 heteroatoms. The molecule has 0 aromatic carbocycles. The fraction of sp³-hybridized carbons (Fsp3) is 0.833. The number of esters is 1. The zero-order valence-corrected chi connectivity index (χ0v) is 13.2. The van der Waals surface area contributed by atoms with Crippen LogP contribution in [0.3, 0.4) is 0 Å². The van der Waals surface area contributed by atoms with Gasteiger partial charge in [0, 0.05) is 5.92 Å². The third-order valence-electron chi connectivity index (χ3n) is 7.09. The van der Waals surface area contributed by atoms with Crippen molar-refractivity contribution in [2.24, 2.45) is 22.7 Å². The Morgan fingerprint density at radius 2 is 1.95 bits per heavy atom. The van der Waals surface area contributed by atoms with Gasteiger partial charge in [0.25, 0.3) is 0 Å². The molecule has 0 aromatic rings. The predicted molar refractivity (Wildman–Crippen MR) is 79.3 cm³/mol. The Morgan fingerprint density at radius 1 is 1.14 bits per heavy atom. The van der Waals surface area contributed by atoms with Gasteiger partial charge in [0.2, 0.25) is 0 Å². The van der Waals surface area contributed by atoms with Gasteiger partial charge in [0.05, 0.1) is 12.0 Å². The standard InChI is InChI=1S/C18H26O3/c1-17-7-3-4-12(17)15-13(6-8-17)18(2)9-5-11(19)10-14(18)16(20)21-15/h11,13-14,19H,3-10H2,1-2H3/t11-,13-,14+,17-,18+/m0/s1. The molecule has 3 fully saturated rings. The van der Waals surface area contributed by atoms with Crippen LogP contribution in [0, 0.1) is 22.7 Å². The number of hydrogen-bond donors (Lipinski definition) is 1. The van der Waals surface area contributed by atoms with Crippen LogP contribution in [-0.2, 0) is 9.53 Å². The Hall–Kier alpha value is -0.830. The minimum atomic E-state index is -0.329. The molecular formula is C18H26O3. The van der Waals surface area contributed by atoms with Gasteiger partial charge in [-0.05, 0) is 67.8 Å². The van der Waals surface area contributed by atoms with E-state index in [2.05, 4.69) is 13.8 Å². The highest BCUT2D eigenvalue weighted by molar-refractivity contribution is 5.76. The molecular weight excluding hydrogens is 264 g/mol. The summed E-state index contributed by atoms with van der Waals surface area (Å²) >= 11 is 0. The predicted octanol–water partition coefficient (Wildman–Crippen LogP) is 3.56. The van der Waals surface area contributed by atoms with Gasteiger partial charge in [0.15, 0.2) is 0 Å². The summed E-state index contributed by atoms with van der Waals surface area (Å²) in [5.74, 6) is 1.25. The van der Waals surface area contributed by atoms with Crippen molar-refractivity contribution in [1.82, 2.24) is 0 Å². The van der Waals surface area contributed by atoms with Crippen molar-refractivity contribution in [2.75, 3.05) is 0 Å². The summed E-state index contributed by atoms with van der Waals surface area (Å²) < 4.78 is 5.88. The SMILES string of the molecule is C[C@@]12CCCC1=C1OC(=O)[C@H]3C[C@@H](O)CC[C@]3(C)[C@H]1CC2. The third kappa shape index (κ3) is 1.79. The van der Waals surface area contributed by atoms with Gasteiger partial charge < -0.3 is 9.84 Å². The van der Waals surface area contributed by atoms with Gasteiger partial charge in [-0.1, -0.05) is 13.8 Å². The average molecular weight is 290 g/mol. The summed E-state index contributed by atoms with van der Waals surface area (Å²) in [6, 6.07) is 0. The summed E-state index contributed by atoms with van der Waals surface area (Å²) in [5, 5.41) is 9.95. The summed E-state index contributed by atoms with van der Waals surface area (Å²) in [6.07, 6.45) is 8.01. The Balaban J connectivity index is 1.78. The maximum absolute atomic E-state index is 12.6. The molecule has 1 heterocycles. The Bertz CT molecular complexity index is 523. The highest BCUT2D eigenvalue weighted by Crippen LogP contribution is 2.62. The molecule has 116 valence electrons. The number of allylic oxidation sites excluding steroid dienone is 2. The van der Waals surface area contributed by atoms with Gasteiger partial charge in [-0.3, -0.25) is 4.79 Å². The molecule has 3 aliphatic carbocycles. The first-order chi connectivity index (χ1) is 9.94. The topological polar surface area (TPSA) is 46.5 Å². The van der Waals surface area contributed by atoms with E-state index in [4.69, 9.17) is 4.74 Å². The maximum atomic E-state index is 12.6. The van der Waals surface area contributed by atoms with Crippen molar-refractivity contribution < 1.29 is 14.6 Å². The Morgan fingerprint density at radius 3 is 2.76 bits per heavy atom.